The highest BCUT2D eigenvalue weighted by Gasteiger charge is 2.94. The number of allylic oxidation sites excluding steroid dienone is 6. The highest BCUT2D eigenvalue weighted by Crippen LogP contribution is 2.98. The lowest BCUT2D eigenvalue weighted by Gasteiger charge is -2.60. The van der Waals surface area contributed by atoms with Gasteiger partial charge in [-0.2, -0.15) is 5.26 Å². The van der Waals surface area contributed by atoms with Crippen LogP contribution >= 0.6 is 0 Å². The highest BCUT2D eigenvalue weighted by atomic mass is 15.0. The average Bonchev–Trinajstić information content (AvgIpc) is 3.63. The molecule has 0 N–H and O–H groups in total. The summed E-state index contributed by atoms with van der Waals surface area (Å²) in [7, 11) is 0. The second-order valence-electron chi connectivity index (χ2n) is 14.3. The maximum Gasteiger partial charge on any atom is 0.0669 e. The molecular formula is C33H43N. The first kappa shape index (κ1) is 21.7. The molecule has 7 aliphatic carbocycles. The molecule has 0 radical (unpaired) electrons. The van der Waals surface area contributed by atoms with E-state index in [1.807, 2.05) is 0 Å². The molecule has 1 spiro atoms. The number of rotatable bonds is 3. The Balaban J connectivity index is 1.13. The van der Waals surface area contributed by atoms with Crippen molar-refractivity contribution in [2.24, 2.45) is 63.6 Å². The van der Waals surface area contributed by atoms with Gasteiger partial charge in [0.15, 0.2) is 0 Å². The van der Waals surface area contributed by atoms with Crippen LogP contribution < -0.4 is 0 Å². The van der Waals surface area contributed by atoms with Gasteiger partial charge in [-0.1, -0.05) is 49.8 Å². The highest BCUT2D eigenvalue weighted by molar-refractivity contribution is 5.56. The first-order valence-electron chi connectivity index (χ1n) is 14.3. The van der Waals surface area contributed by atoms with Gasteiger partial charge in [0.05, 0.1) is 12.5 Å². The third-order valence-electron chi connectivity index (χ3n) is 13.6. The van der Waals surface area contributed by atoms with Gasteiger partial charge >= 0.3 is 0 Å². The second kappa shape index (κ2) is 6.60. The lowest BCUT2D eigenvalue weighted by Crippen LogP contribution is -2.54. The van der Waals surface area contributed by atoms with Crippen LogP contribution in [0, 0.1) is 74.9 Å². The first-order valence-corrected chi connectivity index (χ1v) is 14.3. The molecule has 1 heteroatoms. The van der Waals surface area contributed by atoms with Crippen LogP contribution in [0.2, 0.25) is 0 Å². The number of hydrogen-bond acceptors (Lipinski definition) is 1. The van der Waals surface area contributed by atoms with Crippen LogP contribution in [0.15, 0.2) is 47.1 Å². The fourth-order valence-corrected chi connectivity index (χ4v) is 12.0. The largest absolute Gasteiger partial charge is 0.198 e. The van der Waals surface area contributed by atoms with Gasteiger partial charge in [-0.3, -0.25) is 0 Å². The van der Waals surface area contributed by atoms with Crippen molar-refractivity contribution in [2.45, 2.75) is 85.5 Å². The summed E-state index contributed by atoms with van der Waals surface area (Å²) >= 11 is 0. The Morgan fingerprint density at radius 1 is 1.06 bits per heavy atom. The van der Waals surface area contributed by atoms with Crippen molar-refractivity contribution in [1.82, 2.24) is 0 Å². The summed E-state index contributed by atoms with van der Waals surface area (Å²) in [6.45, 7) is 19.1. The van der Waals surface area contributed by atoms with Crippen molar-refractivity contribution in [3.05, 3.63) is 47.1 Å². The zero-order chi connectivity index (χ0) is 23.8. The predicted octanol–water partition coefficient (Wildman–Crippen LogP) is 8.42. The summed E-state index contributed by atoms with van der Waals surface area (Å²) in [4.78, 5) is 0. The Hall–Kier alpha value is -1.55. The summed E-state index contributed by atoms with van der Waals surface area (Å²) < 4.78 is 0. The lowest BCUT2D eigenvalue weighted by atomic mass is 9.44. The molecular weight excluding hydrogens is 410 g/mol. The number of hydrogen-bond donors (Lipinski definition) is 0. The minimum atomic E-state index is 0.383. The molecule has 180 valence electrons. The molecule has 0 aromatic rings. The summed E-state index contributed by atoms with van der Waals surface area (Å²) in [5, 5.41) is 9.22. The maximum absolute atomic E-state index is 9.22. The zero-order valence-corrected chi connectivity index (χ0v) is 21.9. The monoisotopic (exact) mass is 453 g/mol. The second-order valence-corrected chi connectivity index (χ2v) is 14.3. The summed E-state index contributed by atoms with van der Waals surface area (Å²) in [6.07, 6.45) is 14.2. The summed E-state index contributed by atoms with van der Waals surface area (Å²) in [5.74, 6) is 7.28. The van der Waals surface area contributed by atoms with Crippen molar-refractivity contribution in [3.63, 3.8) is 0 Å². The van der Waals surface area contributed by atoms with Crippen LogP contribution in [0.25, 0.3) is 0 Å². The van der Waals surface area contributed by atoms with Gasteiger partial charge < -0.3 is 0 Å². The van der Waals surface area contributed by atoms with Gasteiger partial charge in [0, 0.05) is 5.41 Å². The van der Waals surface area contributed by atoms with Crippen molar-refractivity contribution in [1.29, 1.82) is 5.26 Å². The molecule has 0 bridgehead atoms. The number of nitrogens with zero attached hydrogens (tertiary/aromatic N) is 1. The number of fused-ring (bicyclic) bond motifs is 6. The van der Waals surface area contributed by atoms with Gasteiger partial charge in [0.2, 0.25) is 0 Å². The Morgan fingerprint density at radius 3 is 2.59 bits per heavy atom. The molecule has 7 rings (SSSR count). The summed E-state index contributed by atoms with van der Waals surface area (Å²) in [6, 6.07) is 2.36. The van der Waals surface area contributed by atoms with E-state index in [-0.39, 0.29) is 0 Å². The Bertz CT molecular complexity index is 1110. The molecule has 0 aromatic carbocycles. The molecule has 5 fully saturated rings. The van der Waals surface area contributed by atoms with Gasteiger partial charge in [-0.15, -0.1) is 0 Å². The molecule has 0 aromatic heterocycles. The standard InChI is InChI=1S/C33H43N/c1-18-15-28-30-29-17-25-26-8-7-23(16-22-13-19(2)24(10-12-34)20(3)14-22)31(26,5)11-9-27(25)32(6,21(18)4)33(28,29)30/h15,22-23,25-30H,2,4,7-11,13-14,16-17H2,1,3,5-6H3. The number of nitriles is 1. The Morgan fingerprint density at radius 2 is 1.85 bits per heavy atom. The molecule has 0 aliphatic heterocycles. The fraction of sp³-hybridized carbons (Fsp3) is 0.727. The zero-order valence-electron chi connectivity index (χ0n) is 21.9. The summed E-state index contributed by atoms with van der Waals surface area (Å²) in [5.41, 5.74) is 8.57. The van der Waals surface area contributed by atoms with Crippen molar-refractivity contribution in [2.75, 3.05) is 0 Å². The van der Waals surface area contributed by atoms with E-state index in [2.05, 4.69) is 46.4 Å². The predicted molar refractivity (Wildman–Crippen MR) is 138 cm³/mol. The molecule has 0 saturated heterocycles. The van der Waals surface area contributed by atoms with Gasteiger partial charge in [0.1, 0.15) is 0 Å². The van der Waals surface area contributed by atoms with E-state index in [1.165, 1.54) is 72.8 Å². The van der Waals surface area contributed by atoms with Crippen LogP contribution in [0.3, 0.4) is 0 Å². The quantitative estimate of drug-likeness (QED) is 0.421. The van der Waals surface area contributed by atoms with Crippen molar-refractivity contribution in [3.8, 4) is 6.07 Å². The van der Waals surface area contributed by atoms with Crippen molar-refractivity contribution >= 4 is 0 Å². The lowest BCUT2D eigenvalue weighted by molar-refractivity contribution is -0.0867. The average molecular weight is 454 g/mol. The molecule has 1 nitrogen and oxygen atoms in total. The Labute approximate surface area is 207 Å². The molecule has 5 saturated carbocycles. The minimum absolute atomic E-state index is 0.383. The van der Waals surface area contributed by atoms with Gasteiger partial charge in [-0.05, 0) is 135 Å². The molecule has 11 unspecified atom stereocenters. The van der Waals surface area contributed by atoms with E-state index in [9.17, 15) is 5.26 Å². The van der Waals surface area contributed by atoms with E-state index < -0.39 is 0 Å². The fourth-order valence-electron chi connectivity index (χ4n) is 12.0. The normalized spacial score (nSPS) is 54.4. The van der Waals surface area contributed by atoms with Crippen LogP contribution in [-0.4, -0.2) is 0 Å². The van der Waals surface area contributed by atoms with Gasteiger partial charge in [-0.25, -0.2) is 0 Å². The van der Waals surface area contributed by atoms with Crippen LogP contribution in [-0.2, 0) is 0 Å². The molecule has 34 heavy (non-hydrogen) atoms. The molecule has 0 amide bonds. The minimum Gasteiger partial charge on any atom is -0.198 e. The Kier molecular flexibility index (Phi) is 4.22. The van der Waals surface area contributed by atoms with E-state index in [0.717, 1.165) is 53.8 Å². The SMILES string of the molecule is C=C1CC(CC2CCC3C4CC5C6C7C=C(C)C(=C)C(C)(C4CCC23C)C756)CC(C)=C1CC#N. The van der Waals surface area contributed by atoms with Crippen LogP contribution in [0.4, 0.5) is 0 Å². The van der Waals surface area contributed by atoms with Crippen molar-refractivity contribution < 1.29 is 0 Å². The van der Waals surface area contributed by atoms with E-state index in [0.29, 0.717) is 22.7 Å². The van der Waals surface area contributed by atoms with Crippen LogP contribution in [0.5, 0.6) is 0 Å². The smallest absolute Gasteiger partial charge is 0.0669 e. The van der Waals surface area contributed by atoms with E-state index >= 15 is 0 Å². The maximum atomic E-state index is 9.22. The molecule has 0 heterocycles. The molecule has 7 aliphatic rings. The topological polar surface area (TPSA) is 23.8 Å². The third-order valence-corrected chi connectivity index (χ3v) is 13.6. The van der Waals surface area contributed by atoms with E-state index in [1.54, 1.807) is 0 Å². The first-order chi connectivity index (χ1) is 16.2. The third kappa shape index (κ3) is 2.29. The van der Waals surface area contributed by atoms with E-state index in [4.69, 9.17) is 6.58 Å². The van der Waals surface area contributed by atoms with Crippen LogP contribution in [0.1, 0.15) is 85.5 Å². The molecule has 11 atom stereocenters. The van der Waals surface area contributed by atoms with Gasteiger partial charge in [0.25, 0.3) is 0 Å².